The van der Waals surface area contributed by atoms with Crippen LogP contribution in [0.1, 0.15) is 37.7 Å². The number of nitro benzene ring substituents is 1. The first-order valence-corrected chi connectivity index (χ1v) is 9.00. The molecule has 0 unspecified atom stereocenters. The molecule has 27 heavy (non-hydrogen) atoms. The third kappa shape index (κ3) is 5.26. The molecule has 6 nitrogen and oxygen atoms in total. The molecule has 1 N–H and O–H groups in total. The molecule has 7 heteroatoms. The Bertz CT molecular complexity index is 834. The average Bonchev–Trinajstić information content (AvgIpc) is 3.15. The largest absolute Gasteiger partial charge is 0.490 e. The van der Waals surface area contributed by atoms with Crippen LogP contribution >= 0.6 is 0 Å². The van der Waals surface area contributed by atoms with Crippen LogP contribution in [-0.4, -0.2) is 16.9 Å². The van der Waals surface area contributed by atoms with Gasteiger partial charge in [-0.2, -0.15) is 4.39 Å². The van der Waals surface area contributed by atoms with E-state index in [4.69, 9.17) is 4.74 Å². The second-order valence-electron chi connectivity index (χ2n) is 6.64. The molecule has 2 aromatic carbocycles. The van der Waals surface area contributed by atoms with E-state index in [0.717, 1.165) is 36.3 Å². The Morgan fingerprint density at radius 3 is 2.74 bits per heavy atom. The molecule has 1 aliphatic carbocycles. The smallest absolute Gasteiger partial charge is 0.306 e. The van der Waals surface area contributed by atoms with E-state index < -0.39 is 16.4 Å². The molecule has 0 heterocycles. The van der Waals surface area contributed by atoms with Crippen LogP contribution in [-0.2, 0) is 11.2 Å². The molecule has 0 radical (unpaired) electrons. The number of carbonyl (C=O) groups is 1. The molecule has 3 rings (SSSR count). The second-order valence-corrected chi connectivity index (χ2v) is 6.64. The molecule has 2 aromatic rings. The van der Waals surface area contributed by atoms with Crippen LogP contribution in [0.15, 0.2) is 42.5 Å². The number of amides is 1. The molecule has 0 bridgehead atoms. The number of benzene rings is 2. The van der Waals surface area contributed by atoms with Gasteiger partial charge in [0.25, 0.3) is 0 Å². The molecule has 0 spiro atoms. The molecule has 1 amide bonds. The van der Waals surface area contributed by atoms with Crippen LogP contribution in [0.2, 0.25) is 0 Å². The van der Waals surface area contributed by atoms with E-state index in [9.17, 15) is 19.3 Å². The highest BCUT2D eigenvalue weighted by atomic mass is 19.1. The highest BCUT2D eigenvalue weighted by Crippen LogP contribution is 2.25. The minimum atomic E-state index is -0.933. The Kier molecular flexibility index (Phi) is 6.01. The van der Waals surface area contributed by atoms with Gasteiger partial charge in [0, 0.05) is 18.2 Å². The lowest BCUT2D eigenvalue weighted by Gasteiger charge is -2.13. The number of rotatable bonds is 7. The topological polar surface area (TPSA) is 81.5 Å². The van der Waals surface area contributed by atoms with E-state index in [1.165, 1.54) is 18.9 Å². The van der Waals surface area contributed by atoms with Crippen molar-refractivity contribution in [2.75, 3.05) is 5.32 Å². The minimum Gasteiger partial charge on any atom is -0.490 e. The fourth-order valence-electron chi connectivity index (χ4n) is 3.18. The fourth-order valence-corrected chi connectivity index (χ4v) is 3.18. The summed E-state index contributed by atoms with van der Waals surface area (Å²) in [6.45, 7) is 0. The molecule has 0 aliphatic heterocycles. The Morgan fingerprint density at radius 2 is 2.00 bits per heavy atom. The Labute approximate surface area is 156 Å². The highest BCUT2D eigenvalue weighted by molar-refractivity contribution is 5.91. The summed E-state index contributed by atoms with van der Waals surface area (Å²) in [4.78, 5) is 22.1. The molecule has 1 saturated carbocycles. The van der Waals surface area contributed by atoms with Crippen molar-refractivity contribution in [3.8, 4) is 5.75 Å². The Hall–Kier alpha value is -2.96. The van der Waals surface area contributed by atoms with Gasteiger partial charge >= 0.3 is 5.69 Å². The maximum Gasteiger partial charge on any atom is 0.306 e. The van der Waals surface area contributed by atoms with Crippen molar-refractivity contribution in [1.29, 1.82) is 0 Å². The van der Waals surface area contributed by atoms with Gasteiger partial charge in [0.15, 0.2) is 0 Å². The number of nitro groups is 1. The van der Waals surface area contributed by atoms with E-state index in [1.807, 2.05) is 24.3 Å². The standard InChI is InChI=1S/C20H21FN2O4/c21-18-10-9-15(13-19(18)23(25)26)22-20(24)11-8-14-4-3-7-17(12-14)27-16-5-1-2-6-16/h3-4,7,9-10,12-13,16H,1-2,5-6,8,11H2,(H,22,24). The maximum atomic E-state index is 13.3. The van der Waals surface area contributed by atoms with Gasteiger partial charge in [0.2, 0.25) is 11.7 Å². The van der Waals surface area contributed by atoms with Crippen molar-refractivity contribution < 1.29 is 18.8 Å². The van der Waals surface area contributed by atoms with Crippen molar-refractivity contribution in [1.82, 2.24) is 0 Å². The molecule has 0 atom stereocenters. The monoisotopic (exact) mass is 372 g/mol. The molecule has 0 saturated heterocycles. The van der Waals surface area contributed by atoms with Gasteiger partial charge < -0.3 is 10.1 Å². The first kappa shape index (κ1) is 18.8. The van der Waals surface area contributed by atoms with Crippen molar-refractivity contribution in [2.45, 2.75) is 44.6 Å². The van der Waals surface area contributed by atoms with E-state index in [-0.39, 0.29) is 24.1 Å². The molecule has 0 aromatic heterocycles. The van der Waals surface area contributed by atoms with Crippen LogP contribution in [0, 0.1) is 15.9 Å². The van der Waals surface area contributed by atoms with Crippen LogP contribution in [0.5, 0.6) is 5.75 Å². The zero-order valence-corrected chi connectivity index (χ0v) is 14.8. The predicted octanol–water partition coefficient (Wildman–Crippen LogP) is 4.63. The summed E-state index contributed by atoms with van der Waals surface area (Å²) in [5.74, 6) is -0.413. The summed E-state index contributed by atoms with van der Waals surface area (Å²) < 4.78 is 19.3. The van der Waals surface area contributed by atoms with Crippen molar-refractivity contribution in [3.63, 3.8) is 0 Å². The first-order valence-electron chi connectivity index (χ1n) is 9.00. The zero-order chi connectivity index (χ0) is 19.2. The second kappa shape index (κ2) is 8.62. The third-order valence-corrected chi connectivity index (χ3v) is 4.57. The zero-order valence-electron chi connectivity index (χ0n) is 14.8. The summed E-state index contributed by atoms with van der Waals surface area (Å²) in [7, 11) is 0. The van der Waals surface area contributed by atoms with Crippen LogP contribution in [0.25, 0.3) is 0 Å². The normalized spacial score (nSPS) is 14.1. The SMILES string of the molecule is O=C(CCc1cccc(OC2CCCC2)c1)Nc1ccc(F)c([N+](=O)[O-])c1. The summed E-state index contributed by atoms with van der Waals surface area (Å²) in [5.41, 5.74) is 0.515. The van der Waals surface area contributed by atoms with Crippen LogP contribution in [0.4, 0.5) is 15.8 Å². The van der Waals surface area contributed by atoms with Crippen LogP contribution in [0.3, 0.4) is 0 Å². The number of nitrogens with one attached hydrogen (secondary N) is 1. The third-order valence-electron chi connectivity index (χ3n) is 4.57. The number of halogens is 1. The predicted molar refractivity (Wildman–Crippen MR) is 99.3 cm³/mol. The number of nitrogens with zero attached hydrogens (tertiary/aromatic N) is 1. The van der Waals surface area contributed by atoms with Gasteiger partial charge in [-0.1, -0.05) is 12.1 Å². The van der Waals surface area contributed by atoms with Gasteiger partial charge in [-0.25, -0.2) is 0 Å². The number of hydrogen-bond donors (Lipinski definition) is 1. The Morgan fingerprint density at radius 1 is 1.22 bits per heavy atom. The number of anilines is 1. The maximum absolute atomic E-state index is 13.3. The van der Waals surface area contributed by atoms with Gasteiger partial charge in [0.05, 0.1) is 11.0 Å². The van der Waals surface area contributed by atoms with E-state index in [2.05, 4.69) is 5.32 Å². The number of carbonyl (C=O) groups excluding carboxylic acids is 1. The first-order chi connectivity index (χ1) is 13.0. The number of ether oxygens (including phenoxy) is 1. The lowest BCUT2D eigenvalue weighted by atomic mass is 10.1. The van der Waals surface area contributed by atoms with Crippen molar-refractivity contribution in [3.05, 3.63) is 64.0 Å². The van der Waals surface area contributed by atoms with E-state index in [1.54, 1.807) is 0 Å². The van der Waals surface area contributed by atoms with E-state index >= 15 is 0 Å². The van der Waals surface area contributed by atoms with Gasteiger partial charge in [-0.15, -0.1) is 0 Å². The summed E-state index contributed by atoms with van der Waals surface area (Å²) >= 11 is 0. The summed E-state index contributed by atoms with van der Waals surface area (Å²) in [5, 5.41) is 13.3. The number of hydrogen-bond acceptors (Lipinski definition) is 4. The van der Waals surface area contributed by atoms with Gasteiger partial charge in [-0.05, 0) is 61.9 Å². The molecular formula is C20H21FN2O4. The average molecular weight is 372 g/mol. The lowest BCUT2D eigenvalue weighted by molar-refractivity contribution is -0.387. The highest BCUT2D eigenvalue weighted by Gasteiger charge is 2.17. The van der Waals surface area contributed by atoms with Crippen molar-refractivity contribution in [2.24, 2.45) is 0 Å². The summed E-state index contributed by atoms with van der Waals surface area (Å²) in [6, 6.07) is 11.0. The Balaban J connectivity index is 1.54. The van der Waals surface area contributed by atoms with E-state index in [0.29, 0.717) is 6.42 Å². The molecule has 1 fully saturated rings. The van der Waals surface area contributed by atoms with Crippen molar-refractivity contribution >= 4 is 17.3 Å². The molecule has 142 valence electrons. The number of aryl methyl sites for hydroxylation is 1. The quantitative estimate of drug-likeness (QED) is 0.568. The van der Waals surface area contributed by atoms with Crippen LogP contribution < -0.4 is 10.1 Å². The molecular weight excluding hydrogens is 351 g/mol. The lowest BCUT2D eigenvalue weighted by Crippen LogP contribution is -2.13. The summed E-state index contributed by atoms with van der Waals surface area (Å²) in [6.07, 6.45) is 5.55. The minimum absolute atomic E-state index is 0.200. The van der Waals surface area contributed by atoms with Gasteiger partial charge in [-0.3, -0.25) is 14.9 Å². The molecule has 1 aliphatic rings. The van der Waals surface area contributed by atoms with Gasteiger partial charge in [0.1, 0.15) is 5.75 Å². The fraction of sp³-hybridized carbons (Fsp3) is 0.350.